The van der Waals surface area contributed by atoms with Crippen molar-refractivity contribution in [3.8, 4) is 5.75 Å². The predicted molar refractivity (Wildman–Crippen MR) is 133 cm³/mol. The summed E-state index contributed by atoms with van der Waals surface area (Å²) in [5.74, 6) is -0.104. The van der Waals surface area contributed by atoms with Crippen LogP contribution in [-0.4, -0.2) is 30.1 Å². The molecular weight excluding hydrogens is 430 g/mol. The zero-order valence-electron chi connectivity index (χ0n) is 19.3. The molecule has 2 aliphatic rings. The van der Waals surface area contributed by atoms with Crippen LogP contribution < -0.4 is 9.64 Å². The van der Waals surface area contributed by atoms with Crippen molar-refractivity contribution in [3.05, 3.63) is 70.1 Å². The first-order valence-corrected chi connectivity index (χ1v) is 11.2. The highest BCUT2D eigenvalue weighted by molar-refractivity contribution is 6.04. The van der Waals surface area contributed by atoms with E-state index >= 15 is 0 Å². The maximum atomic E-state index is 10.9. The Balaban J connectivity index is 1.55. The molecule has 0 fully saturated rings. The summed E-state index contributed by atoms with van der Waals surface area (Å²) >= 11 is 0. The van der Waals surface area contributed by atoms with E-state index in [1.54, 1.807) is 6.07 Å². The zero-order chi connectivity index (χ0) is 24.1. The third-order valence-corrected chi connectivity index (χ3v) is 7.11. The van der Waals surface area contributed by atoms with Crippen molar-refractivity contribution in [3.63, 3.8) is 0 Å². The van der Waals surface area contributed by atoms with Crippen LogP contribution in [0.3, 0.4) is 0 Å². The number of anilines is 1. The Hall–Kier alpha value is -4.03. The standard InChI is InChI=1S/C26H25N5O3/c1-25(2)19-14-16(6-4-9-23(32)33)10-12-21(19)31(3)26(25)15-28-24-18-7-5-8-20(29-30-27)17(18)11-13-22(24)34-26/h5,7-8,10-15H,4,6,9H2,1-3H3,(H,32,33). The van der Waals surface area contributed by atoms with Crippen molar-refractivity contribution < 1.29 is 14.6 Å². The summed E-state index contributed by atoms with van der Waals surface area (Å²) in [6.45, 7) is 4.29. The largest absolute Gasteiger partial charge is 0.481 e. The fourth-order valence-corrected chi connectivity index (χ4v) is 5.21. The molecule has 0 saturated heterocycles. The van der Waals surface area contributed by atoms with Gasteiger partial charge in [0.15, 0.2) is 0 Å². The second-order valence-corrected chi connectivity index (χ2v) is 9.31. The van der Waals surface area contributed by atoms with E-state index in [0.29, 0.717) is 30.0 Å². The molecule has 0 saturated carbocycles. The van der Waals surface area contributed by atoms with Crippen LogP contribution in [0.1, 0.15) is 37.8 Å². The molecule has 2 aliphatic heterocycles. The first-order valence-electron chi connectivity index (χ1n) is 11.2. The van der Waals surface area contributed by atoms with E-state index in [9.17, 15) is 4.79 Å². The number of carboxylic acids is 1. The first kappa shape index (κ1) is 21.8. The van der Waals surface area contributed by atoms with Gasteiger partial charge >= 0.3 is 5.97 Å². The molecule has 0 bridgehead atoms. The van der Waals surface area contributed by atoms with Gasteiger partial charge in [-0.2, -0.15) is 0 Å². The van der Waals surface area contributed by atoms with Gasteiger partial charge in [-0.1, -0.05) is 41.5 Å². The Morgan fingerprint density at radius 3 is 2.79 bits per heavy atom. The summed E-state index contributed by atoms with van der Waals surface area (Å²) in [6, 6.07) is 15.7. The fourth-order valence-electron chi connectivity index (χ4n) is 5.21. The van der Waals surface area contributed by atoms with E-state index in [1.165, 1.54) is 0 Å². The number of aliphatic imine (C=N–C) groups is 1. The SMILES string of the molecule is CN1c2ccc(CCCC(=O)O)cc2C(C)(C)C12C=Nc1c(ccc3c(N=[N+]=[N-])cccc13)O2. The van der Waals surface area contributed by atoms with Crippen LogP contribution in [0, 0.1) is 0 Å². The van der Waals surface area contributed by atoms with Gasteiger partial charge in [-0.25, -0.2) is 0 Å². The van der Waals surface area contributed by atoms with Crippen LogP contribution in [-0.2, 0) is 16.6 Å². The smallest absolute Gasteiger partial charge is 0.303 e. The van der Waals surface area contributed by atoms with Gasteiger partial charge in [0.25, 0.3) is 0 Å². The third-order valence-electron chi connectivity index (χ3n) is 7.11. The van der Waals surface area contributed by atoms with Gasteiger partial charge in [0.05, 0.1) is 11.6 Å². The lowest BCUT2D eigenvalue weighted by Crippen LogP contribution is -2.61. The van der Waals surface area contributed by atoms with E-state index in [2.05, 4.69) is 47.0 Å². The van der Waals surface area contributed by atoms with Crippen molar-refractivity contribution in [1.29, 1.82) is 0 Å². The van der Waals surface area contributed by atoms with Gasteiger partial charge in [-0.05, 0) is 60.9 Å². The minimum atomic E-state index is -0.821. The Bertz CT molecular complexity index is 1410. The van der Waals surface area contributed by atoms with Crippen molar-refractivity contribution in [2.45, 2.75) is 44.2 Å². The number of hydrogen-bond donors (Lipinski definition) is 1. The average Bonchev–Trinajstić information content (AvgIpc) is 2.97. The second-order valence-electron chi connectivity index (χ2n) is 9.31. The number of rotatable bonds is 5. The molecule has 8 nitrogen and oxygen atoms in total. The van der Waals surface area contributed by atoms with Crippen LogP contribution in [0.15, 0.2) is 58.6 Å². The van der Waals surface area contributed by atoms with Crippen LogP contribution in [0.25, 0.3) is 21.2 Å². The highest BCUT2D eigenvalue weighted by Crippen LogP contribution is 2.54. The summed E-state index contributed by atoms with van der Waals surface area (Å²) < 4.78 is 6.75. The summed E-state index contributed by atoms with van der Waals surface area (Å²) in [4.78, 5) is 20.8. The molecule has 5 rings (SSSR count). The van der Waals surface area contributed by atoms with Crippen molar-refractivity contribution in [2.75, 3.05) is 11.9 Å². The van der Waals surface area contributed by atoms with E-state index in [1.807, 2.05) is 37.5 Å². The Labute approximate surface area is 197 Å². The van der Waals surface area contributed by atoms with Crippen LogP contribution in [0.5, 0.6) is 5.75 Å². The summed E-state index contributed by atoms with van der Waals surface area (Å²) in [7, 11) is 2.01. The third kappa shape index (κ3) is 3.10. The lowest BCUT2D eigenvalue weighted by molar-refractivity contribution is -0.137. The molecule has 1 N–H and O–H groups in total. The number of likely N-dealkylation sites (N-methyl/N-ethyl adjacent to an activating group) is 1. The molecule has 0 aliphatic carbocycles. The molecular formula is C26H25N5O3. The molecule has 3 aromatic rings. The molecule has 1 unspecified atom stereocenters. The van der Waals surface area contributed by atoms with E-state index < -0.39 is 17.1 Å². The Morgan fingerprint density at radius 2 is 2.03 bits per heavy atom. The molecule has 0 radical (unpaired) electrons. The molecule has 8 heteroatoms. The van der Waals surface area contributed by atoms with E-state index in [-0.39, 0.29) is 6.42 Å². The molecule has 172 valence electrons. The maximum absolute atomic E-state index is 10.9. The number of carboxylic acid groups (broad SMARTS) is 1. The number of hydrogen-bond acceptors (Lipinski definition) is 5. The van der Waals surface area contributed by atoms with Gasteiger partial charge in [-0.3, -0.25) is 9.79 Å². The van der Waals surface area contributed by atoms with Gasteiger partial charge in [0.2, 0.25) is 5.72 Å². The van der Waals surface area contributed by atoms with E-state index in [0.717, 1.165) is 27.6 Å². The minimum Gasteiger partial charge on any atom is -0.481 e. The topological polar surface area (TPSA) is 111 Å². The van der Waals surface area contributed by atoms with Crippen LogP contribution >= 0.6 is 0 Å². The summed E-state index contributed by atoms with van der Waals surface area (Å²) in [5, 5.41) is 14.5. The molecule has 34 heavy (non-hydrogen) atoms. The van der Waals surface area contributed by atoms with Crippen molar-refractivity contribution in [1.82, 2.24) is 0 Å². The average molecular weight is 456 g/mol. The number of aryl methyl sites for hydroxylation is 1. The molecule has 0 amide bonds. The molecule has 3 aromatic carbocycles. The normalized spacial score (nSPS) is 19.4. The number of nitrogens with zero attached hydrogens (tertiary/aromatic N) is 5. The highest BCUT2D eigenvalue weighted by atomic mass is 16.5. The Morgan fingerprint density at radius 1 is 1.21 bits per heavy atom. The van der Waals surface area contributed by atoms with Gasteiger partial charge in [0.1, 0.15) is 11.4 Å². The lowest BCUT2D eigenvalue weighted by Gasteiger charge is -2.45. The summed E-state index contributed by atoms with van der Waals surface area (Å²) in [5.41, 5.74) is 12.2. The number of carbonyl (C=O) groups is 1. The summed E-state index contributed by atoms with van der Waals surface area (Å²) in [6.07, 6.45) is 3.35. The second kappa shape index (κ2) is 7.78. The van der Waals surface area contributed by atoms with Crippen molar-refractivity contribution in [2.24, 2.45) is 10.1 Å². The number of benzene rings is 3. The quantitative estimate of drug-likeness (QED) is 0.272. The zero-order valence-corrected chi connectivity index (χ0v) is 19.3. The van der Waals surface area contributed by atoms with Gasteiger partial charge in [-0.15, -0.1) is 0 Å². The number of ether oxygens (including phenoxy) is 1. The monoisotopic (exact) mass is 455 g/mol. The Kier molecular flexibility index (Phi) is 4.99. The first-order chi connectivity index (χ1) is 16.3. The van der Waals surface area contributed by atoms with Crippen LogP contribution in [0.2, 0.25) is 0 Å². The molecule has 2 heterocycles. The number of azide groups is 1. The predicted octanol–water partition coefficient (Wildman–Crippen LogP) is 6.41. The molecule has 0 aromatic heterocycles. The minimum absolute atomic E-state index is 0.159. The van der Waals surface area contributed by atoms with Gasteiger partial charge < -0.3 is 14.7 Å². The number of aliphatic carboxylic acids is 1. The maximum Gasteiger partial charge on any atom is 0.303 e. The van der Waals surface area contributed by atoms with Gasteiger partial charge in [0, 0.05) is 35.1 Å². The van der Waals surface area contributed by atoms with Crippen molar-refractivity contribution >= 4 is 40.0 Å². The number of fused-ring (bicyclic) bond motifs is 4. The van der Waals surface area contributed by atoms with E-state index in [4.69, 9.17) is 20.4 Å². The van der Waals surface area contributed by atoms with Crippen LogP contribution in [0.4, 0.5) is 17.1 Å². The molecule has 1 atom stereocenters. The lowest BCUT2D eigenvalue weighted by atomic mass is 9.77. The highest BCUT2D eigenvalue weighted by Gasteiger charge is 2.58. The molecule has 1 spiro atoms. The fraction of sp³-hybridized carbons (Fsp3) is 0.308.